The Hall–Kier alpha value is -1.73. The summed E-state index contributed by atoms with van der Waals surface area (Å²) >= 11 is 2.99. The zero-order chi connectivity index (χ0) is 20.1. The Balaban J connectivity index is 2.09. The second-order valence-corrected chi connectivity index (χ2v) is 9.82. The van der Waals surface area contributed by atoms with Gasteiger partial charge in [0.1, 0.15) is 0 Å². The van der Waals surface area contributed by atoms with E-state index in [1.54, 1.807) is 11.8 Å². The van der Waals surface area contributed by atoms with Crippen molar-refractivity contribution in [3.63, 3.8) is 0 Å². The molecule has 2 rings (SSSR count). The van der Waals surface area contributed by atoms with E-state index in [1.165, 1.54) is 23.4 Å². The van der Waals surface area contributed by atoms with Gasteiger partial charge in [0.2, 0.25) is 5.91 Å². The van der Waals surface area contributed by atoms with Crippen LogP contribution in [-0.4, -0.2) is 26.4 Å². The van der Waals surface area contributed by atoms with E-state index < -0.39 is 0 Å². The van der Waals surface area contributed by atoms with Crippen LogP contribution in [0.25, 0.3) is 0 Å². The molecule has 1 aromatic heterocycles. The van der Waals surface area contributed by atoms with Crippen molar-refractivity contribution >= 4 is 35.1 Å². The van der Waals surface area contributed by atoms with E-state index in [2.05, 4.69) is 41.3 Å². The smallest absolute Gasteiger partial charge is 0.251 e. The van der Waals surface area contributed by atoms with E-state index in [9.17, 15) is 9.59 Å². The lowest BCUT2D eigenvalue weighted by Gasteiger charge is -2.16. The SMILES string of the molecule is Cc1cc(C)c(NC(=O)C(C)Sc2nc(CSC(C)C)cc(=O)[nH]2)c(C)c1. The number of H-pyrrole nitrogens is 1. The van der Waals surface area contributed by atoms with Gasteiger partial charge in [-0.05, 0) is 44.1 Å². The molecule has 0 radical (unpaired) electrons. The van der Waals surface area contributed by atoms with Gasteiger partial charge in [-0.2, -0.15) is 11.8 Å². The highest BCUT2D eigenvalue weighted by atomic mass is 32.2. The minimum absolute atomic E-state index is 0.111. The highest BCUT2D eigenvalue weighted by Gasteiger charge is 2.18. The number of benzene rings is 1. The number of aromatic nitrogens is 2. The van der Waals surface area contributed by atoms with Gasteiger partial charge in [-0.25, -0.2) is 4.98 Å². The van der Waals surface area contributed by atoms with Crippen LogP contribution in [0.4, 0.5) is 5.69 Å². The molecule has 0 saturated carbocycles. The molecule has 1 unspecified atom stereocenters. The molecule has 146 valence electrons. The number of nitrogens with one attached hydrogen (secondary N) is 2. The molecule has 2 aromatic rings. The number of carbonyl (C=O) groups is 1. The maximum Gasteiger partial charge on any atom is 0.251 e. The number of anilines is 1. The monoisotopic (exact) mass is 405 g/mol. The molecule has 0 bridgehead atoms. The van der Waals surface area contributed by atoms with Gasteiger partial charge < -0.3 is 10.3 Å². The molecule has 0 fully saturated rings. The van der Waals surface area contributed by atoms with Crippen molar-refractivity contribution in [2.75, 3.05) is 5.32 Å². The third kappa shape index (κ3) is 6.43. The van der Waals surface area contributed by atoms with Crippen LogP contribution in [0.1, 0.15) is 43.2 Å². The number of rotatable bonds is 7. The van der Waals surface area contributed by atoms with Crippen molar-refractivity contribution in [2.24, 2.45) is 0 Å². The molecule has 0 aliphatic carbocycles. The van der Waals surface area contributed by atoms with Gasteiger partial charge in [0, 0.05) is 17.5 Å². The van der Waals surface area contributed by atoms with Crippen LogP contribution in [-0.2, 0) is 10.5 Å². The molecule has 2 N–H and O–H groups in total. The number of aryl methyl sites for hydroxylation is 3. The second-order valence-electron chi connectivity index (χ2n) is 6.92. The average molecular weight is 406 g/mol. The van der Waals surface area contributed by atoms with Crippen LogP contribution in [0.2, 0.25) is 0 Å². The van der Waals surface area contributed by atoms with Crippen LogP contribution >= 0.6 is 23.5 Å². The largest absolute Gasteiger partial charge is 0.325 e. The average Bonchev–Trinajstić information content (AvgIpc) is 2.55. The minimum atomic E-state index is -0.388. The highest BCUT2D eigenvalue weighted by Crippen LogP contribution is 2.25. The number of hydrogen-bond acceptors (Lipinski definition) is 5. The van der Waals surface area contributed by atoms with E-state index in [-0.39, 0.29) is 16.7 Å². The van der Waals surface area contributed by atoms with Crippen molar-refractivity contribution in [3.8, 4) is 0 Å². The quantitative estimate of drug-likeness (QED) is 0.526. The third-order valence-corrected chi connectivity index (χ3v) is 6.03. The Morgan fingerprint density at radius 1 is 1.15 bits per heavy atom. The molecule has 0 saturated heterocycles. The second kappa shape index (κ2) is 9.46. The molecule has 27 heavy (non-hydrogen) atoms. The van der Waals surface area contributed by atoms with Crippen molar-refractivity contribution in [3.05, 3.63) is 50.9 Å². The van der Waals surface area contributed by atoms with Gasteiger partial charge in [-0.1, -0.05) is 43.3 Å². The highest BCUT2D eigenvalue weighted by molar-refractivity contribution is 8.00. The zero-order valence-electron chi connectivity index (χ0n) is 16.7. The Morgan fingerprint density at radius 2 is 1.78 bits per heavy atom. The Kier molecular flexibility index (Phi) is 7.56. The van der Waals surface area contributed by atoms with Gasteiger partial charge in [-0.3, -0.25) is 9.59 Å². The molecule has 5 nitrogen and oxygen atoms in total. The number of nitrogens with zero attached hydrogens (tertiary/aromatic N) is 1. The number of thioether (sulfide) groups is 2. The van der Waals surface area contributed by atoms with E-state index in [1.807, 2.05) is 27.7 Å². The Labute approximate surface area is 169 Å². The predicted octanol–water partition coefficient (Wildman–Crippen LogP) is 4.46. The molecule has 0 aliphatic heterocycles. The van der Waals surface area contributed by atoms with Gasteiger partial charge in [0.25, 0.3) is 5.56 Å². The van der Waals surface area contributed by atoms with Crippen LogP contribution in [0.3, 0.4) is 0 Å². The van der Waals surface area contributed by atoms with Gasteiger partial charge >= 0.3 is 0 Å². The summed E-state index contributed by atoms with van der Waals surface area (Å²) in [6.07, 6.45) is 0. The molecule has 0 aliphatic rings. The van der Waals surface area contributed by atoms with E-state index in [4.69, 9.17) is 0 Å². The van der Waals surface area contributed by atoms with Gasteiger partial charge in [0.05, 0.1) is 10.9 Å². The minimum Gasteiger partial charge on any atom is -0.325 e. The molecule has 1 heterocycles. The Bertz CT molecular complexity index is 855. The number of hydrogen-bond donors (Lipinski definition) is 2. The molecule has 1 atom stereocenters. The molecular formula is C20H27N3O2S2. The lowest BCUT2D eigenvalue weighted by atomic mass is 10.1. The van der Waals surface area contributed by atoms with Crippen LogP contribution in [0.15, 0.2) is 28.2 Å². The van der Waals surface area contributed by atoms with Crippen LogP contribution in [0, 0.1) is 20.8 Å². The number of amides is 1. The zero-order valence-corrected chi connectivity index (χ0v) is 18.3. The summed E-state index contributed by atoms with van der Waals surface area (Å²) in [5.41, 5.74) is 4.64. The Morgan fingerprint density at radius 3 is 2.37 bits per heavy atom. The fourth-order valence-corrected chi connectivity index (χ4v) is 4.17. The normalized spacial score (nSPS) is 12.3. The standard InChI is InChI=1S/C20H27N3O2S2/c1-11(2)26-10-16-9-17(24)22-20(21-16)27-15(6)19(25)23-18-13(4)7-12(3)8-14(18)5/h7-9,11,15H,10H2,1-6H3,(H,23,25)(H,21,22,24). The fourth-order valence-electron chi connectivity index (χ4n) is 2.69. The maximum absolute atomic E-state index is 12.6. The van der Waals surface area contributed by atoms with Crippen molar-refractivity contribution in [1.29, 1.82) is 0 Å². The molecule has 0 spiro atoms. The van der Waals surface area contributed by atoms with E-state index in [0.29, 0.717) is 16.2 Å². The van der Waals surface area contributed by atoms with Crippen molar-refractivity contribution < 1.29 is 4.79 Å². The summed E-state index contributed by atoms with van der Waals surface area (Å²) in [5, 5.41) is 3.56. The van der Waals surface area contributed by atoms with Crippen LogP contribution in [0.5, 0.6) is 0 Å². The summed E-state index contributed by atoms with van der Waals surface area (Å²) in [4.78, 5) is 31.7. The van der Waals surface area contributed by atoms with Gasteiger partial charge in [-0.15, -0.1) is 0 Å². The number of aromatic amines is 1. The third-order valence-electron chi connectivity index (χ3n) is 3.92. The topological polar surface area (TPSA) is 74.8 Å². The van der Waals surface area contributed by atoms with Crippen molar-refractivity contribution in [2.45, 2.75) is 63.0 Å². The lowest BCUT2D eigenvalue weighted by molar-refractivity contribution is -0.115. The maximum atomic E-state index is 12.6. The first kappa shape index (κ1) is 21.6. The van der Waals surface area contributed by atoms with Crippen LogP contribution < -0.4 is 10.9 Å². The lowest BCUT2D eigenvalue weighted by Crippen LogP contribution is -2.24. The van der Waals surface area contributed by atoms with Crippen molar-refractivity contribution in [1.82, 2.24) is 9.97 Å². The molecule has 1 aromatic carbocycles. The molecule has 7 heteroatoms. The summed E-state index contributed by atoms with van der Waals surface area (Å²) < 4.78 is 0. The molecular weight excluding hydrogens is 378 g/mol. The first-order valence-electron chi connectivity index (χ1n) is 8.93. The number of carbonyl (C=O) groups excluding carboxylic acids is 1. The van der Waals surface area contributed by atoms with E-state index in [0.717, 1.165) is 22.5 Å². The molecule has 1 amide bonds. The fraction of sp³-hybridized carbons (Fsp3) is 0.450. The van der Waals surface area contributed by atoms with Gasteiger partial charge in [0.15, 0.2) is 5.16 Å². The summed E-state index contributed by atoms with van der Waals surface area (Å²) in [7, 11) is 0. The van der Waals surface area contributed by atoms with E-state index >= 15 is 0 Å². The first-order chi connectivity index (χ1) is 12.7. The summed E-state index contributed by atoms with van der Waals surface area (Å²) in [6.45, 7) is 12.0. The summed E-state index contributed by atoms with van der Waals surface area (Å²) in [6, 6.07) is 5.62. The summed E-state index contributed by atoms with van der Waals surface area (Å²) in [5.74, 6) is 0.567. The predicted molar refractivity (Wildman–Crippen MR) is 116 cm³/mol. The first-order valence-corrected chi connectivity index (χ1v) is 10.9.